The van der Waals surface area contributed by atoms with Crippen molar-refractivity contribution in [2.75, 3.05) is 51.0 Å². The number of carbonyl (C=O) groups excluding carboxylic acids is 1. The zero-order valence-electron chi connectivity index (χ0n) is 18.0. The molecule has 0 spiro atoms. The molecule has 1 atom stereocenters. The fourth-order valence-corrected chi connectivity index (χ4v) is 4.35. The molecule has 2 heterocycles. The van der Waals surface area contributed by atoms with Crippen LogP contribution in [0.3, 0.4) is 0 Å². The fraction of sp³-hybridized carbons (Fsp3) is 0.476. The number of piperazine rings is 1. The van der Waals surface area contributed by atoms with E-state index in [4.69, 9.17) is 4.74 Å². The zero-order valence-corrected chi connectivity index (χ0v) is 18.9. The van der Waals surface area contributed by atoms with Crippen LogP contribution in [0, 0.1) is 5.92 Å². The van der Waals surface area contributed by atoms with E-state index >= 15 is 0 Å². The molecule has 9 heteroatoms. The summed E-state index contributed by atoms with van der Waals surface area (Å²) < 4.78 is 7.13. The van der Waals surface area contributed by atoms with Crippen LogP contribution in [0.5, 0.6) is 5.75 Å². The Hall–Kier alpha value is -2.68. The van der Waals surface area contributed by atoms with Crippen LogP contribution in [0.4, 0.5) is 5.69 Å². The first kappa shape index (κ1) is 22.0. The molecule has 1 saturated heterocycles. The van der Waals surface area contributed by atoms with E-state index in [0.717, 1.165) is 41.1 Å². The Balaban J connectivity index is 1.48. The Morgan fingerprint density at radius 2 is 2.17 bits per heavy atom. The molecule has 8 nitrogen and oxygen atoms in total. The minimum absolute atomic E-state index is 0.0528. The molecule has 1 aromatic carbocycles. The topological polar surface area (TPSA) is 75.0 Å². The number of hydrogen-bond donors (Lipinski definition) is 1. The van der Waals surface area contributed by atoms with Gasteiger partial charge in [-0.1, -0.05) is 19.1 Å². The molecule has 0 radical (unpaired) electrons. The number of amides is 1. The summed E-state index contributed by atoms with van der Waals surface area (Å²) in [6.07, 6.45) is 3.59. The van der Waals surface area contributed by atoms with Gasteiger partial charge in [0, 0.05) is 50.6 Å². The van der Waals surface area contributed by atoms with Crippen molar-refractivity contribution in [2.45, 2.75) is 11.8 Å². The number of nitrogens with zero attached hydrogens (tertiary/aromatic N) is 5. The van der Waals surface area contributed by atoms with E-state index in [1.807, 2.05) is 36.3 Å². The zero-order chi connectivity index (χ0) is 21.5. The Bertz CT molecular complexity index is 884. The van der Waals surface area contributed by atoms with Gasteiger partial charge in [-0.2, -0.15) is 5.10 Å². The number of ether oxygens (including phenoxy) is 1. The monoisotopic (exact) mass is 430 g/mol. The lowest BCUT2D eigenvalue weighted by atomic mass is 10.2. The first-order valence-electron chi connectivity index (χ1n) is 10.0. The molecular formula is C21H30N6O2S. The third-order valence-electron chi connectivity index (χ3n) is 4.94. The number of thioether (sulfide) groups is 1. The summed E-state index contributed by atoms with van der Waals surface area (Å²) in [5.41, 5.74) is 0.840. The van der Waals surface area contributed by atoms with Gasteiger partial charge in [0.2, 0.25) is 5.91 Å². The average Bonchev–Trinajstić information content (AvgIpc) is 3.18. The maximum Gasteiger partial charge on any atom is 0.246 e. The SMILES string of the molecule is CN=C(NCC(C)CSc1ccccc1OC)N1CCN(c2cnn(C)c2)C(=O)C1. The van der Waals surface area contributed by atoms with Crippen LogP contribution in [0.25, 0.3) is 0 Å². The number of aryl methyl sites for hydroxylation is 1. The molecule has 1 N–H and O–H groups in total. The molecule has 1 aliphatic rings. The van der Waals surface area contributed by atoms with Gasteiger partial charge in [0.1, 0.15) is 12.3 Å². The van der Waals surface area contributed by atoms with Crippen molar-refractivity contribution in [3.8, 4) is 5.75 Å². The highest BCUT2D eigenvalue weighted by Gasteiger charge is 2.27. The molecule has 1 fully saturated rings. The lowest BCUT2D eigenvalue weighted by molar-refractivity contribution is -0.120. The molecule has 0 aliphatic carbocycles. The van der Waals surface area contributed by atoms with Crippen molar-refractivity contribution in [3.63, 3.8) is 0 Å². The second-order valence-corrected chi connectivity index (χ2v) is 8.40. The Labute approximate surface area is 182 Å². The van der Waals surface area contributed by atoms with E-state index in [2.05, 4.69) is 28.4 Å². The normalized spacial score (nSPS) is 16.0. The third kappa shape index (κ3) is 5.47. The minimum Gasteiger partial charge on any atom is -0.496 e. The summed E-state index contributed by atoms with van der Waals surface area (Å²) in [5.74, 6) is 3.10. The van der Waals surface area contributed by atoms with Crippen molar-refractivity contribution < 1.29 is 9.53 Å². The lowest BCUT2D eigenvalue weighted by Gasteiger charge is -2.35. The number of anilines is 1. The summed E-state index contributed by atoms with van der Waals surface area (Å²) >= 11 is 1.79. The third-order valence-corrected chi connectivity index (χ3v) is 6.32. The van der Waals surface area contributed by atoms with Crippen LogP contribution in [0.2, 0.25) is 0 Å². The predicted molar refractivity (Wildman–Crippen MR) is 121 cm³/mol. The van der Waals surface area contributed by atoms with Crippen molar-refractivity contribution in [2.24, 2.45) is 18.0 Å². The highest BCUT2D eigenvalue weighted by atomic mass is 32.2. The maximum atomic E-state index is 12.6. The van der Waals surface area contributed by atoms with Crippen molar-refractivity contribution in [1.82, 2.24) is 20.0 Å². The van der Waals surface area contributed by atoms with Gasteiger partial charge >= 0.3 is 0 Å². The van der Waals surface area contributed by atoms with Crippen LogP contribution in [-0.4, -0.2) is 72.6 Å². The van der Waals surface area contributed by atoms with E-state index in [1.165, 1.54) is 0 Å². The maximum absolute atomic E-state index is 12.6. The van der Waals surface area contributed by atoms with Gasteiger partial charge in [-0.15, -0.1) is 11.8 Å². The molecular weight excluding hydrogens is 400 g/mol. The van der Waals surface area contributed by atoms with Crippen molar-refractivity contribution in [3.05, 3.63) is 36.7 Å². The fourth-order valence-electron chi connectivity index (χ4n) is 3.30. The Kier molecular flexibility index (Phi) is 7.62. The predicted octanol–water partition coefficient (Wildman–Crippen LogP) is 2.08. The van der Waals surface area contributed by atoms with Crippen molar-refractivity contribution >= 4 is 29.3 Å². The lowest BCUT2D eigenvalue weighted by Crippen LogP contribution is -2.55. The number of hydrogen-bond acceptors (Lipinski definition) is 5. The number of benzene rings is 1. The average molecular weight is 431 g/mol. The number of rotatable bonds is 7. The van der Waals surface area contributed by atoms with Gasteiger partial charge in [0.15, 0.2) is 5.96 Å². The first-order chi connectivity index (χ1) is 14.5. The van der Waals surface area contributed by atoms with Crippen LogP contribution >= 0.6 is 11.8 Å². The minimum atomic E-state index is 0.0528. The highest BCUT2D eigenvalue weighted by molar-refractivity contribution is 7.99. The smallest absolute Gasteiger partial charge is 0.246 e. The Morgan fingerprint density at radius 1 is 1.37 bits per heavy atom. The van der Waals surface area contributed by atoms with Gasteiger partial charge < -0.3 is 19.9 Å². The number of nitrogens with one attached hydrogen (secondary N) is 1. The van der Waals surface area contributed by atoms with E-state index in [9.17, 15) is 4.79 Å². The summed E-state index contributed by atoms with van der Waals surface area (Å²) in [6, 6.07) is 8.07. The van der Waals surface area contributed by atoms with Crippen LogP contribution in [-0.2, 0) is 11.8 Å². The largest absolute Gasteiger partial charge is 0.496 e. The van der Waals surface area contributed by atoms with Crippen LogP contribution in [0.15, 0.2) is 46.5 Å². The molecule has 2 aromatic rings. The summed E-state index contributed by atoms with van der Waals surface area (Å²) in [6.45, 7) is 4.63. The molecule has 1 amide bonds. The standard InChI is InChI=1S/C21H30N6O2S/c1-16(15-30-19-8-6-5-7-18(19)29-4)11-23-21(22-2)26-9-10-27(20(28)14-26)17-12-24-25(3)13-17/h5-8,12-13,16H,9-11,14-15H2,1-4H3,(H,22,23). The molecule has 1 aromatic heterocycles. The number of methoxy groups -OCH3 is 1. The van der Waals surface area contributed by atoms with Gasteiger partial charge in [0.25, 0.3) is 0 Å². The van der Waals surface area contributed by atoms with E-state index in [1.54, 1.807) is 41.7 Å². The van der Waals surface area contributed by atoms with Crippen molar-refractivity contribution in [1.29, 1.82) is 0 Å². The van der Waals surface area contributed by atoms with Gasteiger partial charge in [-0.3, -0.25) is 14.5 Å². The van der Waals surface area contributed by atoms with E-state index < -0.39 is 0 Å². The van der Waals surface area contributed by atoms with E-state index in [-0.39, 0.29) is 5.91 Å². The molecule has 0 saturated carbocycles. The van der Waals surface area contributed by atoms with E-state index in [0.29, 0.717) is 19.0 Å². The molecule has 162 valence electrons. The number of carbonyl (C=O) groups is 1. The van der Waals surface area contributed by atoms with Gasteiger partial charge in [-0.25, -0.2) is 0 Å². The number of aromatic nitrogens is 2. The number of aliphatic imine (C=N–C) groups is 1. The van der Waals surface area contributed by atoms with Gasteiger partial charge in [0.05, 0.1) is 19.0 Å². The molecule has 3 rings (SSSR count). The summed E-state index contributed by atoms with van der Waals surface area (Å²) in [7, 11) is 5.31. The second-order valence-electron chi connectivity index (χ2n) is 7.33. The Morgan fingerprint density at radius 3 is 2.83 bits per heavy atom. The summed E-state index contributed by atoms with van der Waals surface area (Å²) in [5, 5.41) is 7.59. The molecule has 0 bridgehead atoms. The molecule has 30 heavy (non-hydrogen) atoms. The highest BCUT2D eigenvalue weighted by Crippen LogP contribution is 2.29. The molecule has 1 unspecified atom stereocenters. The summed E-state index contributed by atoms with van der Waals surface area (Å²) in [4.78, 5) is 22.0. The first-order valence-corrected chi connectivity index (χ1v) is 11.0. The molecule has 1 aliphatic heterocycles. The van der Waals surface area contributed by atoms with Gasteiger partial charge in [-0.05, 0) is 18.1 Å². The van der Waals surface area contributed by atoms with Crippen LogP contribution in [0.1, 0.15) is 6.92 Å². The van der Waals surface area contributed by atoms with Crippen LogP contribution < -0.4 is 15.0 Å². The quantitative estimate of drug-likeness (QED) is 0.412. The number of guanidine groups is 1. The second kappa shape index (κ2) is 10.4. The number of para-hydroxylation sites is 1.